The van der Waals surface area contributed by atoms with E-state index >= 15 is 0 Å². The molecule has 0 unspecified atom stereocenters. The van der Waals surface area contributed by atoms with Crippen molar-refractivity contribution in [2.24, 2.45) is 0 Å². The predicted octanol–water partition coefficient (Wildman–Crippen LogP) is 5.67. The molecule has 151 valence electrons. The van der Waals surface area contributed by atoms with Crippen molar-refractivity contribution >= 4 is 6.29 Å². The van der Waals surface area contributed by atoms with E-state index in [4.69, 9.17) is 0 Å². The summed E-state index contributed by atoms with van der Waals surface area (Å²) >= 11 is 0. The van der Waals surface area contributed by atoms with Crippen LogP contribution in [0, 0.1) is 20.2 Å². The molecule has 0 aromatic rings. The summed E-state index contributed by atoms with van der Waals surface area (Å²) in [7, 11) is 0. The Morgan fingerprint density at radius 1 is 0.815 bits per heavy atom. The lowest BCUT2D eigenvalue weighted by molar-refractivity contribution is -0.428. The number of allylic oxidation sites excluding steroid dienone is 6. The summed E-state index contributed by atoms with van der Waals surface area (Å²) < 4.78 is 0. The van der Waals surface area contributed by atoms with Crippen LogP contribution in [0.1, 0.15) is 84.0 Å². The van der Waals surface area contributed by atoms with Gasteiger partial charge in [0.2, 0.25) is 11.4 Å². The zero-order valence-electron chi connectivity index (χ0n) is 16.2. The first-order valence-corrected chi connectivity index (χ1v) is 9.69. The molecule has 0 aromatic carbocycles. The molecule has 0 saturated carbocycles. The third kappa shape index (κ3) is 14.5. The Labute approximate surface area is 161 Å². The van der Waals surface area contributed by atoms with E-state index in [1.54, 1.807) is 24.5 Å². The molecule has 1 radical (unpaired) electrons. The summed E-state index contributed by atoms with van der Waals surface area (Å²) in [6, 6.07) is 0. The summed E-state index contributed by atoms with van der Waals surface area (Å²) in [4.78, 5) is 31.3. The van der Waals surface area contributed by atoms with E-state index in [2.05, 4.69) is 6.92 Å². The number of nitrogens with zero attached hydrogens (tertiary/aromatic N) is 2. The quantitative estimate of drug-likeness (QED) is 0.140. The van der Waals surface area contributed by atoms with Gasteiger partial charge in [-0.3, -0.25) is 25.0 Å². The maximum atomic E-state index is 11.1. The van der Waals surface area contributed by atoms with E-state index in [0.29, 0.717) is 25.7 Å². The maximum Gasteiger partial charge on any atom is 0.242 e. The average Bonchev–Trinajstić information content (AvgIpc) is 2.63. The van der Waals surface area contributed by atoms with Gasteiger partial charge in [-0.1, -0.05) is 51.2 Å². The van der Waals surface area contributed by atoms with Gasteiger partial charge in [0, 0.05) is 19.3 Å². The van der Waals surface area contributed by atoms with Gasteiger partial charge in [0.25, 0.3) is 0 Å². The fourth-order valence-corrected chi connectivity index (χ4v) is 2.56. The molecular weight excluding hydrogens is 348 g/mol. The van der Waals surface area contributed by atoms with E-state index in [1.807, 2.05) is 0 Å². The molecule has 0 fully saturated rings. The fourth-order valence-electron chi connectivity index (χ4n) is 2.56. The van der Waals surface area contributed by atoms with Gasteiger partial charge in [-0.25, -0.2) is 0 Å². The molecule has 0 N–H and O–H groups in total. The van der Waals surface area contributed by atoms with E-state index in [1.165, 1.54) is 25.3 Å². The lowest BCUT2D eigenvalue weighted by Crippen LogP contribution is -1.99. The zero-order chi connectivity index (χ0) is 20.3. The molecule has 0 heterocycles. The molecule has 0 aliphatic rings. The minimum atomic E-state index is -0.441. The van der Waals surface area contributed by atoms with Crippen LogP contribution in [0.5, 0.6) is 0 Å². The highest BCUT2D eigenvalue weighted by atomic mass is 16.6. The first-order valence-electron chi connectivity index (χ1n) is 9.69. The Hall–Kier alpha value is -2.31. The third-order valence-corrected chi connectivity index (χ3v) is 4.11. The molecule has 0 amide bonds. The summed E-state index contributed by atoms with van der Waals surface area (Å²) in [6.45, 7) is 2.15. The SMILES string of the molecule is CCCCCCCC/C(=C/C/C=C/C/C=C(/CCC[C]=O)[N+](=O)[O-])[N+](=O)[O-]. The Kier molecular flexibility index (Phi) is 15.7. The highest BCUT2D eigenvalue weighted by Crippen LogP contribution is 2.13. The third-order valence-electron chi connectivity index (χ3n) is 4.11. The summed E-state index contributed by atoms with van der Waals surface area (Å²) in [5.41, 5.74) is 0.321. The van der Waals surface area contributed by atoms with Gasteiger partial charge >= 0.3 is 0 Å². The molecule has 0 spiro atoms. The highest BCUT2D eigenvalue weighted by Gasteiger charge is 2.09. The summed E-state index contributed by atoms with van der Waals surface area (Å²) in [6.07, 6.45) is 17.1. The molecule has 27 heavy (non-hydrogen) atoms. The van der Waals surface area contributed by atoms with Crippen molar-refractivity contribution in [2.45, 2.75) is 84.0 Å². The van der Waals surface area contributed by atoms with Gasteiger partial charge < -0.3 is 0 Å². The number of carbonyl (C=O) groups excluding carboxylic acids is 1. The second-order valence-electron chi connectivity index (χ2n) is 6.36. The fraction of sp³-hybridized carbons (Fsp3) is 0.650. The van der Waals surface area contributed by atoms with Gasteiger partial charge in [0.1, 0.15) is 0 Å². The van der Waals surface area contributed by atoms with Crippen molar-refractivity contribution in [3.8, 4) is 0 Å². The van der Waals surface area contributed by atoms with Crippen LogP contribution in [0.25, 0.3) is 0 Å². The van der Waals surface area contributed by atoms with E-state index in [-0.39, 0.29) is 29.2 Å². The Bertz CT molecular complexity index is 538. The van der Waals surface area contributed by atoms with Crippen molar-refractivity contribution in [3.63, 3.8) is 0 Å². The summed E-state index contributed by atoms with van der Waals surface area (Å²) in [5, 5.41) is 22.0. The lowest BCUT2D eigenvalue weighted by atomic mass is 10.1. The van der Waals surface area contributed by atoms with Crippen molar-refractivity contribution in [1.82, 2.24) is 0 Å². The Balaban J connectivity index is 4.29. The van der Waals surface area contributed by atoms with E-state index in [0.717, 1.165) is 19.3 Å². The molecule has 7 heteroatoms. The standard InChI is InChI=1S/C20H31N2O5/c1-2-3-4-5-6-9-14-19(21(24)25)15-10-7-8-11-16-20(22(26)27)17-12-13-18-23/h7-8,15-16H,2-6,9-14,17H2,1H3/b8-7+,19-15-,20-16-. The van der Waals surface area contributed by atoms with E-state index < -0.39 is 4.92 Å². The largest absolute Gasteiger partial charge is 0.291 e. The van der Waals surface area contributed by atoms with Crippen molar-refractivity contribution in [2.75, 3.05) is 0 Å². The second kappa shape index (κ2) is 17.1. The number of rotatable bonds is 17. The van der Waals surface area contributed by atoms with Gasteiger partial charge in [0.05, 0.1) is 9.85 Å². The molecule has 0 atom stereocenters. The number of hydrogen-bond acceptors (Lipinski definition) is 5. The van der Waals surface area contributed by atoms with Crippen LogP contribution in [0.2, 0.25) is 0 Å². The van der Waals surface area contributed by atoms with Crippen LogP contribution >= 0.6 is 0 Å². The monoisotopic (exact) mass is 379 g/mol. The molecule has 0 aliphatic heterocycles. The number of hydrogen-bond donors (Lipinski definition) is 0. The molecule has 0 aliphatic carbocycles. The topological polar surface area (TPSA) is 103 Å². The van der Waals surface area contributed by atoms with E-state index in [9.17, 15) is 25.0 Å². The molecular formula is C20H31N2O5. The predicted molar refractivity (Wildman–Crippen MR) is 106 cm³/mol. The number of nitro groups is 2. The van der Waals surface area contributed by atoms with Gasteiger partial charge in [-0.2, -0.15) is 0 Å². The molecule has 0 rings (SSSR count). The zero-order valence-corrected chi connectivity index (χ0v) is 16.2. The Morgan fingerprint density at radius 3 is 1.78 bits per heavy atom. The van der Waals surface area contributed by atoms with Crippen LogP contribution in [0.3, 0.4) is 0 Å². The first kappa shape index (κ1) is 24.7. The number of unbranched alkanes of at least 4 members (excludes halogenated alkanes) is 6. The van der Waals surface area contributed by atoms with Crippen LogP contribution in [0.15, 0.2) is 35.7 Å². The van der Waals surface area contributed by atoms with Crippen LogP contribution in [-0.2, 0) is 4.79 Å². The second-order valence-corrected chi connectivity index (χ2v) is 6.36. The van der Waals surface area contributed by atoms with Crippen molar-refractivity contribution in [3.05, 3.63) is 55.9 Å². The van der Waals surface area contributed by atoms with Crippen molar-refractivity contribution in [1.29, 1.82) is 0 Å². The van der Waals surface area contributed by atoms with Gasteiger partial charge in [0.15, 0.2) is 6.29 Å². The van der Waals surface area contributed by atoms with Crippen LogP contribution in [-0.4, -0.2) is 16.1 Å². The smallest absolute Gasteiger partial charge is 0.242 e. The molecule has 0 bridgehead atoms. The Morgan fingerprint density at radius 2 is 1.30 bits per heavy atom. The lowest BCUT2D eigenvalue weighted by Gasteiger charge is -2.00. The molecule has 0 saturated heterocycles. The first-order chi connectivity index (χ1) is 13.0. The van der Waals surface area contributed by atoms with Crippen LogP contribution < -0.4 is 0 Å². The minimum absolute atomic E-state index is 0.0829. The minimum Gasteiger partial charge on any atom is -0.291 e. The maximum absolute atomic E-state index is 11.1. The van der Waals surface area contributed by atoms with Crippen molar-refractivity contribution < 1.29 is 14.6 Å². The normalized spacial score (nSPS) is 12.5. The van der Waals surface area contributed by atoms with Gasteiger partial charge in [-0.05, 0) is 37.8 Å². The van der Waals surface area contributed by atoms with Crippen LogP contribution in [0.4, 0.5) is 0 Å². The van der Waals surface area contributed by atoms with Gasteiger partial charge in [-0.15, -0.1) is 0 Å². The summed E-state index contributed by atoms with van der Waals surface area (Å²) in [5.74, 6) is 0. The molecule has 0 aromatic heterocycles. The highest BCUT2D eigenvalue weighted by molar-refractivity contribution is 5.50. The average molecular weight is 379 g/mol. The molecule has 7 nitrogen and oxygen atoms in total.